The van der Waals surface area contributed by atoms with E-state index in [9.17, 15) is 19.2 Å². The standard InChI is InChI=1S/C21H20N4O5/c1-30-17-12-16(8-9-22-17)24-11-10-23(13-20(24)28)21(29)14-2-4-15(5-3-14)25-18(26)6-7-19(25)27/h2-5,8-9,12H,6-7,10-11,13H2,1H3. The van der Waals surface area contributed by atoms with Crippen LogP contribution in [0.5, 0.6) is 5.88 Å². The fraction of sp³-hybridized carbons (Fsp3) is 0.286. The molecule has 0 saturated carbocycles. The number of aromatic nitrogens is 1. The Labute approximate surface area is 172 Å². The fourth-order valence-corrected chi connectivity index (χ4v) is 3.60. The van der Waals surface area contributed by atoms with E-state index in [0.717, 1.165) is 4.90 Å². The van der Waals surface area contributed by atoms with Gasteiger partial charge < -0.3 is 14.5 Å². The van der Waals surface area contributed by atoms with Gasteiger partial charge in [0.1, 0.15) is 6.54 Å². The first-order valence-corrected chi connectivity index (χ1v) is 9.53. The number of hydrogen-bond donors (Lipinski definition) is 0. The fourth-order valence-electron chi connectivity index (χ4n) is 3.60. The van der Waals surface area contributed by atoms with Gasteiger partial charge in [-0.05, 0) is 30.3 Å². The van der Waals surface area contributed by atoms with Crippen LogP contribution in [0.2, 0.25) is 0 Å². The quantitative estimate of drug-likeness (QED) is 0.706. The second kappa shape index (κ2) is 7.94. The first-order valence-electron chi connectivity index (χ1n) is 9.53. The van der Waals surface area contributed by atoms with Crippen molar-refractivity contribution in [2.24, 2.45) is 0 Å². The van der Waals surface area contributed by atoms with E-state index in [4.69, 9.17) is 4.74 Å². The molecule has 0 aliphatic carbocycles. The Kier molecular flexibility index (Phi) is 5.18. The summed E-state index contributed by atoms with van der Waals surface area (Å²) in [5.41, 5.74) is 1.51. The van der Waals surface area contributed by atoms with Gasteiger partial charge in [-0.15, -0.1) is 0 Å². The van der Waals surface area contributed by atoms with Crippen LogP contribution in [0.25, 0.3) is 0 Å². The summed E-state index contributed by atoms with van der Waals surface area (Å²) in [6.45, 7) is 0.682. The van der Waals surface area contributed by atoms with Gasteiger partial charge in [0.15, 0.2) is 0 Å². The predicted octanol–water partition coefficient (Wildman–Crippen LogP) is 1.23. The molecule has 4 rings (SSSR count). The van der Waals surface area contributed by atoms with Crippen molar-refractivity contribution in [3.63, 3.8) is 0 Å². The molecule has 0 radical (unpaired) electrons. The van der Waals surface area contributed by atoms with Crippen LogP contribution in [0.15, 0.2) is 42.6 Å². The molecule has 2 saturated heterocycles. The van der Waals surface area contributed by atoms with E-state index in [0.29, 0.717) is 35.9 Å². The number of ether oxygens (including phenoxy) is 1. The van der Waals surface area contributed by atoms with E-state index >= 15 is 0 Å². The molecule has 2 aromatic rings. The summed E-state index contributed by atoms with van der Waals surface area (Å²) in [5, 5.41) is 0. The van der Waals surface area contributed by atoms with Gasteiger partial charge in [0, 0.05) is 43.8 Å². The predicted molar refractivity (Wildman–Crippen MR) is 107 cm³/mol. The molecule has 0 N–H and O–H groups in total. The molecular weight excluding hydrogens is 388 g/mol. The molecule has 9 nitrogen and oxygen atoms in total. The number of amides is 4. The van der Waals surface area contributed by atoms with E-state index in [-0.39, 0.29) is 43.0 Å². The maximum Gasteiger partial charge on any atom is 0.254 e. The number of carbonyl (C=O) groups excluding carboxylic acids is 4. The van der Waals surface area contributed by atoms with E-state index in [1.807, 2.05) is 0 Å². The number of piperazine rings is 1. The number of pyridine rings is 1. The van der Waals surface area contributed by atoms with Gasteiger partial charge >= 0.3 is 0 Å². The molecule has 4 amide bonds. The summed E-state index contributed by atoms with van der Waals surface area (Å²) in [5.74, 6) is -0.551. The van der Waals surface area contributed by atoms with Crippen molar-refractivity contribution in [3.8, 4) is 5.88 Å². The molecule has 2 fully saturated rings. The number of hydrogen-bond acceptors (Lipinski definition) is 6. The molecule has 1 aromatic heterocycles. The third-order valence-electron chi connectivity index (χ3n) is 5.17. The maximum absolute atomic E-state index is 12.8. The molecule has 154 valence electrons. The van der Waals surface area contributed by atoms with E-state index in [1.54, 1.807) is 47.5 Å². The van der Waals surface area contributed by atoms with Crippen LogP contribution in [0, 0.1) is 0 Å². The summed E-state index contributed by atoms with van der Waals surface area (Å²) in [4.78, 5) is 57.4. The monoisotopic (exact) mass is 408 g/mol. The van der Waals surface area contributed by atoms with Crippen LogP contribution in [0.3, 0.4) is 0 Å². The van der Waals surface area contributed by atoms with Gasteiger partial charge in [0.2, 0.25) is 23.6 Å². The van der Waals surface area contributed by atoms with Crippen LogP contribution >= 0.6 is 0 Å². The lowest BCUT2D eigenvalue weighted by atomic mass is 10.1. The Hall–Kier alpha value is -3.75. The topological polar surface area (TPSA) is 100 Å². The summed E-state index contributed by atoms with van der Waals surface area (Å²) in [6, 6.07) is 9.69. The molecular formula is C21H20N4O5. The molecule has 0 unspecified atom stereocenters. The lowest BCUT2D eigenvalue weighted by Crippen LogP contribution is -2.52. The summed E-state index contributed by atoms with van der Waals surface area (Å²) >= 11 is 0. The van der Waals surface area contributed by atoms with Crippen molar-refractivity contribution >= 4 is 35.0 Å². The number of anilines is 2. The van der Waals surface area contributed by atoms with Crippen molar-refractivity contribution in [2.45, 2.75) is 12.8 Å². The Morgan fingerprint density at radius 3 is 2.27 bits per heavy atom. The maximum atomic E-state index is 12.8. The molecule has 0 atom stereocenters. The number of rotatable bonds is 4. The SMILES string of the molecule is COc1cc(N2CCN(C(=O)c3ccc(N4C(=O)CCC4=O)cc3)CC2=O)ccn1. The Morgan fingerprint density at radius 2 is 1.63 bits per heavy atom. The largest absolute Gasteiger partial charge is 0.481 e. The minimum absolute atomic E-state index is 0.0473. The zero-order chi connectivity index (χ0) is 21.3. The third-order valence-corrected chi connectivity index (χ3v) is 5.17. The van der Waals surface area contributed by atoms with E-state index in [2.05, 4.69) is 4.98 Å². The lowest BCUT2D eigenvalue weighted by Gasteiger charge is -2.34. The molecule has 2 aliphatic rings. The van der Waals surface area contributed by atoms with E-state index < -0.39 is 0 Å². The van der Waals surface area contributed by atoms with Crippen molar-refractivity contribution in [1.29, 1.82) is 0 Å². The first-order chi connectivity index (χ1) is 14.5. The Bertz CT molecular complexity index is 1000. The number of carbonyl (C=O) groups is 4. The molecule has 0 bridgehead atoms. The zero-order valence-corrected chi connectivity index (χ0v) is 16.4. The average Bonchev–Trinajstić information content (AvgIpc) is 3.11. The minimum Gasteiger partial charge on any atom is -0.481 e. The molecule has 1 aromatic carbocycles. The molecule has 9 heteroatoms. The Morgan fingerprint density at radius 1 is 0.933 bits per heavy atom. The molecule has 2 aliphatic heterocycles. The van der Waals surface area contributed by atoms with Crippen molar-refractivity contribution in [1.82, 2.24) is 9.88 Å². The highest BCUT2D eigenvalue weighted by Crippen LogP contribution is 2.24. The van der Waals surface area contributed by atoms with Crippen LogP contribution in [0.1, 0.15) is 23.2 Å². The third kappa shape index (κ3) is 3.61. The minimum atomic E-state index is -0.277. The van der Waals surface area contributed by atoms with Crippen molar-refractivity contribution in [2.75, 3.05) is 36.5 Å². The molecule has 30 heavy (non-hydrogen) atoms. The van der Waals surface area contributed by atoms with Crippen molar-refractivity contribution in [3.05, 3.63) is 48.2 Å². The number of methoxy groups -OCH3 is 1. The Balaban J connectivity index is 1.44. The molecule has 0 spiro atoms. The highest BCUT2D eigenvalue weighted by molar-refractivity contribution is 6.19. The van der Waals surface area contributed by atoms with Gasteiger partial charge in [-0.25, -0.2) is 4.98 Å². The number of nitrogens with zero attached hydrogens (tertiary/aromatic N) is 4. The second-order valence-corrected chi connectivity index (χ2v) is 7.00. The zero-order valence-electron chi connectivity index (χ0n) is 16.4. The van der Waals surface area contributed by atoms with Crippen LogP contribution in [-0.4, -0.2) is 60.3 Å². The van der Waals surface area contributed by atoms with Crippen LogP contribution in [-0.2, 0) is 14.4 Å². The normalized spacial score (nSPS) is 17.0. The number of imide groups is 1. The van der Waals surface area contributed by atoms with E-state index in [1.165, 1.54) is 12.0 Å². The van der Waals surface area contributed by atoms with Gasteiger partial charge in [-0.3, -0.25) is 24.1 Å². The second-order valence-electron chi connectivity index (χ2n) is 7.00. The van der Waals surface area contributed by atoms with Gasteiger partial charge in [0.05, 0.1) is 18.5 Å². The summed E-state index contributed by atoms with van der Waals surface area (Å²) < 4.78 is 5.10. The smallest absolute Gasteiger partial charge is 0.254 e. The first kappa shape index (κ1) is 19.6. The highest BCUT2D eigenvalue weighted by Gasteiger charge is 2.31. The summed E-state index contributed by atoms with van der Waals surface area (Å²) in [7, 11) is 1.51. The average molecular weight is 408 g/mol. The van der Waals surface area contributed by atoms with Crippen molar-refractivity contribution < 1.29 is 23.9 Å². The van der Waals surface area contributed by atoms with Crippen LogP contribution < -0.4 is 14.5 Å². The summed E-state index contributed by atoms with van der Waals surface area (Å²) in [6.07, 6.45) is 1.97. The van der Waals surface area contributed by atoms with Gasteiger partial charge in [0.25, 0.3) is 5.91 Å². The van der Waals surface area contributed by atoms with Gasteiger partial charge in [-0.2, -0.15) is 0 Å². The highest BCUT2D eigenvalue weighted by atomic mass is 16.5. The van der Waals surface area contributed by atoms with Gasteiger partial charge in [-0.1, -0.05) is 0 Å². The molecule has 3 heterocycles. The number of benzene rings is 1. The van der Waals surface area contributed by atoms with Crippen LogP contribution in [0.4, 0.5) is 11.4 Å². The lowest BCUT2D eigenvalue weighted by molar-refractivity contribution is -0.122.